The van der Waals surface area contributed by atoms with Crippen LogP contribution in [0.1, 0.15) is 28.4 Å². The number of esters is 1. The van der Waals surface area contributed by atoms with Gasteiger partial charge in [-0.1, -0.05) is 24.3 Å². The normalized spacial score (nSPS) is 12.0. The van der Waals surface area contributed by atoms with E-state index in [1.165, 1.54) is 17.8 Å². The molecule has 0 aliphatic carbocycles. The second-order valence-corrected chi connectivity index (χ2v) is 6.49. The van der Waals surface area contributed by atoms with Crippen molar-refractivity contribution in [2.24, 2.45) is 0 Å². The summed E-state index contributed by atoms with van der Waals surface area (Å²) in [5, 5.41) is 0.423. The van der Waals surface area contributed by atoms with Gasteiger partial charge >= 0.3 is 5.97 Å². The number of ether oxygens (including phenoxy) is 1. The van der Waals surface area contributed by atoms with Crippen LogP contribution < -0.4 is 5.56 Å². The fraction of sp³-hybridized carbons (Fsp3) is 0.238. The molecule has 6 nitrogen and oxygen atoms in total. The van der Waals surface area contributed by atoms with Crippen molar-refractivity contribution in [3.8, 4) is 0 Å². The average Bonchev–Trinajstić information content (AvgIpc) is 2.65. The molecule has 3 aromatic rings. The van der Waals surface area contributed by atoms with Crippen LogP contribution in [0.25, 0.3) is 10.9 Å². The number of carbonyl (C=O) groups excluding carboxylic acids is 2. The van der Waals surface area contributed by atoms with E-state index in [4.69, 9.17) is 4.74 Å². The number of fused-ring (bicyclic) bond motifs is 1. The lowest BCUT2D eigenvalue weighted by Crippen LogP contribution is -2.30. The van der Waals surface area contributed by atoms with E-state index in [0.29, 0.717) is 16.5 Å². The summed E-state index contributed by atoms with van der Waals surface area (Å²) >= 11 is 0. The molecule has 0 radical (unpaired) electrons. The van der Waals surface area contributed by atoms with Crippen LogP contribution in [0.15, 0.2) is 53.6 Å². The fourth-order valence-corrected chi connectivity index (χ4v) is 2.78. The molecule has 0 aliphatic rings. The van der Waals surface area contributed by atoms with Crippen molar-refractivity contribution in [3.63, 3.8) is 0 Å². The lowest BCUT2D eigenvalue weighted by Gasteiger charge is -2.14. The van der Waals surface area contributed by atoms with Crippen molar-refractivity contribution in [1.82, 2.24) is 9.55 Å². The van der Waals surface area contributed by atoms with Gasteiger partial charge < -0.3 is 4.74 Å². The number of Topliss-reactive ketones (excluding diaryl/α,β-unsaturated/α-hetero) is 1. The average molecular weight is 364 g/mol. The highest BCUT2D eigenvalue weighted by molar-refractivity contribution is 6.00. The van der Waals surface area contributed by atoms with Crippen molar-refractivity contribution in [1.29, 1.82) is 0 Å². The maximum Gasteiger partial charge on any atom is 0.326 e. The van der Waals surface area contributed by atoms with Crippen LogP contribution >= 0.6 is 0 Å². The topological polar surface area (TPSA) is 78.3 Å². The van der Waals surface area contributed by atoms with Crippen molar-refractivity contribution >= 4 is 22.7 Å². The Labute approximate surface area is 156 Å². The molecule has 0 fully saturated rings. The molecule has 0 N–H and O–H groups in total. The molecule has 0 aliphatic heterocycles. The van der Waals surface area contributed by atoms with Crippen LogP contribution in [0.2, 0.25) is 0 Å². The summed E-state index contributed by atoms with van der Waals surface area (Å²) in [5.41, 5.74) is 2.80. The zero-order valence-corrected chi connectivity index (χ0v) is 15.4. The van der Waals surface area contributed by atoms with E-state index >= 15 is 0 Å². The Morgan fingerprint density at radius 2 is 1.85 bits per heavy atom. The van der Waals surface area contributed by atoms with Gasteiger partial charge in [-0.25, -0.2) is 4.98 Å². The number of aromatic nitrogens is 2. The number of hydrogen-bond acceptors (Lipinski definition) is 5. The predicted molar refractivity (Wildman–Crippen MR) is 102 cm³/mol. The quantitative estimate of drug-likeness (QED) is 0.514. The van der Waals surface area contributed by atoms with E-state index in [-0.39, 0.29) is 17.9 Å². The zero-order chi connectivity index (χ0) is 19.6. The third kappa shape index (κ3) is 3.95. The smallest absolute Gasteiger partial charge is 0.326 e. The molecule has 0 unspecified atom stereocenters. The van der Waals surface area contributed by atoms with E-state index in [9.17, 15) is 14.4 Å². The number of carbonyl (C=O) groups is 2. The second kappa shape index (κ2) is 7.53. The number of aryl methyl sites for hydroxylation is 2. The van der Waals surface area contributed by atoms with Gasteiger partial charge in [0, 0.05) is 5.56 Å². The van der Waals surface area contributed by atoms with Gasteiger partial charge in [0.15, 0.2) is 6.10 Å². The summed E-state index contributed by atoms with van der Waals surface area (Å²) in [5.74, 6) is -0.950. The lowest BCUT2D eigenvalue weighted by molar-refractivity contribution is -0.147. The maximum atomic E-state index is 12.5. The summed E-state index contributed by atoms with van der Waals surface area (Å²) in [6.07, 6.45) is 0.366. The van der Waals surface area contributed by atoms with Gasteiger partial charge in [0.25, 0.3) is 5.56 Å². The van der Waals surface area contributed by atoms with Gasteiger partial charge in [0.05, 0.1) is 17.2 Å². The Hall–Kier alpha value is -3.28. The highest BCUT2D eigenvalue weighted by Crippen LogP contribution is 2.13. The monoisotopic (exact) mass is 364 g/mol. The summed E-state index contributed by atoms with van der Waals surface area (Å²) in [6.45, 7) is 5.10. The summed E-state index contributed by atoms with van der Waals surface area (Å²) < 4.78 is 6.41. The second-order valence-electron chi connectivity index (χ2n) is 6.49. The highest BCUT2D eigenvalue weighted by Gasteiger charge is 2.20. The van der Waals surface area contributed by atoms with E-state index in [1.807, 2.05) is 19.9 Å². The van der Waals surface area contributed by atoms with Gasteiger partial charge in [-0.15, -0.1) is 0 Å². The van der Waals surface area contributed by atoms with Crippen molar-refractivity contribution in [2.45, 2.75) is 33.4 Å². The number of nitrogens with zero attached hydrogens (tertiary/aromatic N) is 2. The first-order valence-corrected chi connectivity index (χ1v) is 8.62. The van der Waals surface area contributed by atoms with Crippen LogP contribution in [-0.2, 0) is 16.1 Å². The largest absolute Gasteiger partial charge is 0.453 e. The first-order valence-electron chi connectivity index (χ1n) is 8.62. The van der Waals surface area contributed by atoms with E-state index < -0.39 is 12.1 Å². The molecule has 138 valence electrons. The van der Waals surface area contributed by atoms with Gasteiger partial charge in [0.2, 0.25) is 5.78 Å². The molecular weight excluding hydrogens is 344 g/mol. The van der Waals surface area contributed by atoms with Crippen molar-refractivity contribution in [2.75, 3.05) is 0 Å². The Kier molecular flexibility index (Phi) is 5.16. The minimum absolute atomic E-state index is 0.282. The fourth-order valence-electron chi connectivity index (χ4n) is 2.78. The Bertz CT molecular complexity index is 1080. The van der Waals surface area contributed by atoms with E-state index in [1.54, 1.807) is 36.4 Å². The molecule has 2 aromatic carbocycles. The number of rotatable bonds is 5. The Morgan fingerprint density at radius 1 is 1.11 bits per heavy atom. The Balaban J connectivity index is 1.72. The number of benzene rings is 2. The number of para-hydroxylation sites is 1. The maximum absolute atomic E-state index is 12.5. The SMILES string of the molecule is Cc1ccc(C(=O)[C@@H](C)OC(=O)Cn2cnc3ccccc3c2=O)cc1C. The minimum atomic E-state index is -0.941. The molecule has 3 rings (SSSR count). The lowest BCUT2D eigenvalue weighted by atomic mass is 10.0. The van der Waals surface area contributed by atoms with Gasteiger partial charge in [-0.05, 0) is 50.1 Å². The molecule has 0 amide bonds. The first kappa shape index (κ1) is 18.5. The van der Waals surface area contributed by atoms with Crippen LogP contribution in [-0.4, -0.2) is 27.4 Å². The molecule has 0 bridgehead atoms. The predicted octanol–water partition coefficient (Wildman–Crippen LogP) is 2.83. The zero-order valence-electron chi connectivity index (χ0n) is 15.4. The standard InChI is InChI=1S/C21H20N2O4/c1-13-8-9-16(10-14(13)2)20(25)15(3)27-19(24)11-23-12-22-18-7-5-4-6-17(18)21(23)26/h4-10,12,15H,11H2,1-3H3/t15-/m1/s1. The van der Waals surface area contributed by atoms with Gasteiger partial charge in [-0.2, -0.15) is 0 Å². The molecule has 0 saturated heterocycles. The third-order valence-electron chi connectivity index (χ3n) is 4.50. The summed E-state index contributed by atoms with van der Waals surface area (Å²) in [7, 11) is 0. The van der Waals surface area contributed by atoms with Gasteiger partial charge in [0.1, 0.15) is 6.54 Å². The first-order chi connectivity index (χ1) is 12.9. The minimum Gasteiger partial charge on any atom is -0.453 e. The Morgan fingerprint density at radius 3 is 2.59 bits per heavy atom. The van der Waals surface area contributed by atoms with Crippen LogP contribution in [0.4, 0.5) is 0 Å². The van der Waals surface area contributed by atoms with Crippen LogP contribution in [0.5, 0.6) is 0 Å². The molecule has 0 saturated carbocycles. The summed E-state index contributed by atoms with van der Waals surface area (Å²) in [6, 6.07) is 12.2. The van der Waals surface area contributed by atoms with E-state index in [2.05, 4.69) is 4.98 Å². The van der Waals surface area contributed by atoms with Gasteiger partial charge in [-0.3, -0.25) is 19.0 Å². The summed E-state index contributed by atoms with van der Waals surface area (Å²) in [4.78, 5) is 41.3. The molecular formula is C21H20N2O4. The highest BCUT2D eigenvalue weighted by atomic mass is 16.5. The number of ketones is 1. The van der Waals surface area contributed by atoms with Crippen LogP contribution in [0.3, 0.4) is 0 Å². The molecule has 1 heterocycles. The molecule has 0 spiro atoms. The third-order valence-corrected chi connectivity index (χ3v) is 4.50. The van der Waals surface area contributed by atoms with Crippen molar-refractivity contribution in [3.05, 3.63) is 75.8 Å². The molecule has 27 heavy (non-hydrogen) atoms. The molecule has 6 heteroatoms. The van der Waals surface area contributed by atoms with Crippen molar-refractivity contribution < 1.29 is 14.3 Å². The van der Waals surface area contributed by atoms with E-state index in [0.717, 1.165) is 11.1 Å². The molecule has 1 aromatic heterocycles. The van der Waals surface area contributed by atoms with Crippen LogP contribution in [0, 0.1) is 13.8 Å². The number of hydrogen-bond donors (Lipinski definition) is 0. The molecule has 1 atom stereocenters.